The predicted octanol–water partition coefficient (Wildman–Crippen LogP) is 5.61. The molecule has 168 valence electrons. The van der Waals surface area contributed by atoms with Crippen LogP contribution in [0.4, 0.5) is 11.5 Å². The van der Waals surface area contributed by atoms with Crippen LogP contribution >= 0.6 is 11.6 Å². The third kappa shape index (κ3) is 5.07. The predicted molar refractivity (Wildman–Crippen MR) is 134 cm³/mol. The minimum absolute atomic E-state index is 0.186. The number of halogens is 1. The van der Waals surface area contributed by atoms with E-state index in [1.54, 1.807) is 30.4 Å². The van der Waals surface area contributed by atoms with Gasteiger partial charge in [0.15, 0.2) is 0 Å². The molecule has 0 fully saturated rings. The van der Waals surface area contributed by atoms with E-state index in [1.165, 1.54) is 0 Å². The molecule has 4 aromatic rings. The Hall–Kier alpha value is -3.64. The fourth-order valence-electron chi connectivity index (χ4n) is 3.60. The van der Waals surface area contributed by atoms with Gasteiger partial charge in [-0.3, -0.25) is 9.78 Å². The van der Waals surface area contributed by atoms with Gasteiger partial charge in [0.05, 0.1) is 28.4 Å². The fourth-order valence-corrected chi connectivity index (χ4v) is 3.87. The van der Waals surface area contributed by atoms with Crippen molar-refractivity contribution >= 4 is 39.9 Å². The topological polar surface area (TPSA) is 67.4 Å². The van der Waals surface area contributed by atoms with Gasteiger partial charge in [-0.2, -0.15) is 0 Å². The lowest BCUT2D eigenvalue weighted by molar-refractivity contribution is 0.0993. The SMILES string of the molecule is CCNc1ncc(CCOc2ccnc3ccccc23)cc1C(=O)N(C)c1ccccc1Cl. The Bertz CT molecular complexity index is 1270. The first-order valence-electron chi connectivity index (χ1n) is 10.8. The van der Waals surface area contributed by atoms with Gasteiger partial charge in [-0.1, -0.05) is 35.9 Å². The first-order valence-corrected chi connectivity index (χ1v) is 11.2. The van der Waals surface area contributed by atoms with E-state index in [4.69, 9.17) is 16.3 Å². The third-order valence-electron chi connectivity index (χ3n) is 5.29. The molecule has 1 amide bonds. The van der Waals surface area contributed by atoms with E-state index in [0.717, 1.165) is 22.2 Å². The number of carbonyl (C=O) groups excluding carboxylic acids is 1. The van der Waals surface area contributed by atoms with E-state index in [9.17, 15) is 4.79 Å². The minimum atomic E-state index is -0.186. The average molecular weight is 461 g/mol. The minimum Gasteiger partial charge on any atom is -0.492 e. The number of para-hydroxylation sites is 2. The van der Waals surface area contributed by atoms with Crippen LogP contribution in [0.5, 0.6) is 5.75 Å². The largest absolute Gasteiger partial charge is 0.492 e. The molecular formula is C26H25ClN4O2. The van der Waals surface area contributed by atoms with E-state index in [-0.39, 0.29) is 5.91 Å². The molecular weight excluding hydrogens is 436 g/mol. The van der Waals surface area contributed by atoms with Crippen molar-refractivity contribution in [3.05, 3.63) is 89.2 Å². The molecule has 2 heterocycles. The molecule has 0 aliphatic heterocycles. The van der Waals surface area contributed by atoms with Gasteiger partial charge in [0, 0.05) is 37.8 Å². The Morgan fingerprint density at radius 2 is 1.88 bits per heavy atom. The number of anilines is 2. The number of fused-ring (bicyclic) bond motifs is 1. The third-order valence-corrected chi connectivity index (χ3v) is 5.61. The molecule has 0 bridgehead atoms. The van der Waals surface area contributed by atoms with Crippen LogP contribution in [0, 0.1) is 0 Å². The van der Waals surface area contributed by atoms with Gasteiger partial charge in [-0.15, -0.1) is 0 Å². The Morgan fingerprint density at radius 1 is 1.09 bits per heavy atom. The molecule has 0 aliphatic carbocycles. The molecule has 4 rings (SSSR count). The quantitative estimate of drug-likeness (QED) is 0.370. The number of nitrogens with one attached hydrogen (secondary N) is 1. The molecule has 0 unspecified atom stereocenters. The van der Waals surface area contributed by atoms with Gasteiger partial charge in [0.2, 0.25) is 0 Å². The number of aromatic nitrogens is 2. The number of pyridine rings is 2. The molecule has 2 aromatic carbocycles. The Morgan fingerprint density at radius 3 is 2.70 bits per heavy atom. The zero-order valence-electron chi connectivity index (χ0n) is 18.6. The molecule has 0 aliphatic rings. The lowest BCUT2D eigenvalue weighted by Crippen LogP contribution is -2.28. The molecule has 7 heteroatoms. The zero-order valence-corrected chi connectivity index (χ0v) is 19.3. The van der Waals surface area contributed by atoms with Gasteiger partial charge < -0.3 is 15.0 Å². The molecule has 6 nitrogen and oxygen atoms in total. The molecule has 0 saturated carbocycles. The highest BCUT2D eigenvalue weighted by Crippen LogP contribution is 2.27. The molecule has 1 N–H and O–H groups in total. The molecule has 2 aromatic heterocycles. The van der Waals surface area contributed by atoms with Crippen LogP contribution in [0.3, 0.4) is 0 Å². The second-order valence-electron chi connectivity index (χ2n) is 7.51. The van der Waals surface area contributed by atoms with Crippen molar-refractivity contribution in [3.8, 4) is 5.75 Å². The van der Waals surface area contributed by atoms with E-state index in [2.05, 4.69) is 15.3 Å². The summed E-state index contributed by atoms with van der Waals surface area (Å²) in [7, 11) is 1.71. The van der Waals surface area contributed by atoms with E-state index in [1.807, 2.05) is 61.5 Å². The number of amides is 1. The standard InChI is InChI=1S/C26H25ClN4O2/c1-3-28-25-20(26(32)31(2)23-11-7-5-9-21(23)27)16-18(17-30-25)13-15-33-24-12-14-29-22-10-6-4-8-19(22)24/h4-12,14,16-17H,3,13,15H2,1-2H3,(H,28,30). The van der Waals surface area contributed by atoms with Gasteiger partial charge in [-0.05, 0) is 48.9 Å². The highest BCUT2D eigenvalue weighted by Gasteiger charge is 2.20. The van der Waals surface area contributed by atoms with Crippen molar-refractivity contribution in [2.45, 2.75) is 13.3 Å². The van der Waals surface area contributed by atoms with Crippen LogP contribution in [-0.4, -0.2) is 36.1 Å². The van der Waals surface area contributed by atoms with Gasteiger partial charge in [-0.25, -0.2) is 4.98 Å². The lowest BCUT2D eigenvalue weighted by Gasteiger charge is -2.20. The monoisotopic (exact) mass is 460 g/mol. The van der Waals surface area contributed by atoms with Crippen LogP contribution in [-0.2, 0) is 6.42 Å². The van der Waals surface area contributed by atoms with E-state index in [0.29, 0.717) is 41.7 Å². The summed E-state index contributed by atoms with van der Waals surface area (Å²) >= 11 is 6.30. The number of benzene rings is 2. The molecule has 33 heavy (non-hydrogen) atoms. The molecule has 0 spiro atoms. The molecule has 0 radical (unpaired) electrons. The van der Waals surface area contributed by atoms with Crippen molar-refractivity contribution in [3.63, 3.8) is 0 Å². The Balaban J connectivity index is 1.53. The molecule has 0 saturated heterocycles. The highest BCUT2D eigenvalue weighted by molar-refractivity contribution is 6.34. The first kappa shape index (κ1) is 22.6. The second kappa shape index (κ2) is 10.3. The van der Waals surface area contributed by atoms with Crippen molar-refractivity contribution < 1.29 is 9.53 Å². The summed E-state index contributed by atoms with van der Waals surface area (Å²) in [4.78, 5) is 23.8. The van der Waals surface area contributed by atoms with E-state index < -0.39 is 0 Å². The smallest absolute Gasteiger partial charge is 0.261 e. The van der Waals surface area contributed by atoms with Gasteiger partial charge >= 0.3 is 0 Å². The summed E-state index contributed by atoms with van der Waals surface area (Å²) in [6.07, 6.45) is 4.12. The summed E-state index contributed by atoms with van der Waals surface area (Å²) in [5.74, 6) is 1.15. The number of rotatable bonds is 8. The van der Waals surface area contributed by atoms with Crippen LogP contribution in [0.1, 0.15) is 22.8 Å². The summed E-state index contributed by atoms with van der Waals surface area (Å²) < 4.78 is 6.04. The summed E-state index contributed by atoms with van der Waals surface area (Å²) in [5, 5.41) is 4.66. The maximum absolute atomic E-state index is 13.3. The Kier molecular flexibility index (Phi) is 7.05. The fraction of sp³-hybridized carbons (Fsp3) is 0.192. The summed E-state index contributed by atoms with van der Waals surface area (Å²) in [6, 6.07) is 18.9. The van der Waals surface area contributed by atoms with Crippen molar-refractivity contribution in [1.29, 1.82) is 0 Å². The molecule has 0 atom stereocenters. The number of nitrogens with zero attached hydrogens (tertiary/aromatic N) is 3. The zero-order chi connectivity index (χ0) is 23.2. The summed E-state index contributed by atoms with van der Waals surface area (Å²) in [6.45, 7) is 3.07. The summed E-state index contributed by atoms with van der Waals surface area (Å²) in [5.41, 5.74) is 2.93. The van der Waals surface area contributed by atoms with E-state index >= 15 is 0 Å². The lowest BCUT2D eigenvalue weighted by atomic mass is 10.1. The maximum atomic E-state index is 13.3. The normalized spacial score (nSPS) is 10.8. The van der Waals surface area contributed by atoms with Crippen LogP contribution in [0.15, 0.2) is 73.1 Å². The Labute approximate surface area is 198 Å². The van der Waals surface area contributed by atoms with Crippen LogP contribution < -0.4 is 15.0 Å². The number of carbonyl (C=O) groups is 1. The number of hydrogen-bond acceptors (Lipinski definition) is 5. The van der Waals surface area contributed by atoms with Crippen molar-refractivity contribution in [1.82, 2.24) is 9.97 Å². The van der Waals surface area contributed by atoms with Gasteiger partial charge in [0.25, 0.3) is 5.91 Å². The number of hydrogen-bond donors (Lipinski definition) is 1. The first-order chi connectivity index (χ1) is 16.1. The van der Waals surface area contributed by atoms with Crippen molar-refractivity contribution in [2.75, 3.05) is 30.4 Å². The van der Waals surface area contributed by atoms with Crippen LogP contribution in [0.2, 0.25) is 5.02 Å². The van der Waals surface area contributed by atoms with Gasteiger partial charge in [0.1, 0.15) is 11.6 Å². The van der Waals surface area contributed by atoms with Crippen LogP contribution in [0.25, 0.3) is 10.9 Å². The second-order valence-corrected chi connectivity index (χ2v) is 7.92. The van der Waals surface area contributed by atoms with Crippen molar-refractivity contribution in [2.24, 2.45) is 0 Å². The number of ether oxygens (including phenoxy) is 1. The highest BCUT2D eigenvalue weighted by atomic mass is 35.5. The maximum Gasteiger partial charge on any atom is 0.261 e. The average Bonchev–Trinajstić information content (AvgIpc) is 2.84.